The van der Waals surface area contributed by atoms with Crippen LogP contribution in [0.3, 0.4) is 0 Å². The van der Waals surface area contributed by atoms with E-state index in [1.807, 2.05) is 6.07 Å². The van der Waals surface area contributed by atoms with Gasteiger partial charge in [-0.25, -0.2) is 0 Å². The topological polar surface area (TPSA) is 57.1 Å². The Labute approximate surface area is 111 Å². The number of aryl methyl sites for hydroxylation is 1. The largest absolute Gasteiger partial charge is 0.270 e. The van der Waals surface area contributed by atoms with Crippen molar-refractivity contribution < 1.29 is 9.32 Å². The number of fused-ring (bicyclic) bond motifs is 1. The number of nitro groups is 1. The zero-order chi connectivity index (χ0) is 13.3. The summed E-state index contributed by atoms with van der Waals surface area (Å²) in [5.74, 6) is 0. The number of hydrogen-bond donors (Lipinski definition) is 1. The number of rotatable bonds is 2. The molecule has 0 aliphatic heterocycles. The first-order valence-electron chi connectivity index (χ1n) is 5.94. The van der Waals surface area contributed by atoms with Gasteiger partial charge in [-0.15, -0.1) is 0 Å². The van der Waals surface area contributed by atoms with Crippen molar-refractivity contribution in [1.29, 1.82) is 0 Å². The van der Waals surface area contributed by atoms with Crippen molar-refractivity contribution in [3.8, 4) is 0 Å². The number of nitrogens with zero attached hydrogens (tertiary/aromatic N) is 1. The average molecular weight is 265 g/mol. The summed E-state index contributed by atoms with van der Waals surface area (Å²) < 4.78 is 3.48. The molecule has 5 heteroatoms. The fraction of sp³-hybridized carbons (Fsp3) is 0.462. The summed E-state index contributed by atoms with van der Waals surface area (Å²) >= 11 is 1.65. The van der Waals surface area contributed by atoms with Gasteiger partial charge in [-0.2, -0.15) is 4.40 Å². The molecule has 1 N–H and O–H groups in total. The van der Waals surface area contributed by atoms with Crippen molar-refractivity contribution in [2.24, 2.45) is 0 Å². The Balaban J connectivity index is 2.31. The Morgan fingerprint density at radius 2 is 2.06 bits per heavy atom. The first-order chi connectivity index (χ1) is 8.37. The molecule has 0 fully saturated rings. The number of nitro benzene ring substituents is 1. The highest BCUT2D eigenvalue weighted by atomic mass is 32.2. The molecule has 0 bridgehead atoms. The maximum atomic E-state index is 10.8. The van der Waals surface area contributed by atoms with E-state index in [1.165, 1.54) is 5.56 Å². The summed E-state index contributed by atoms with van der Waals surface area (Å²) in [4.78, 5) is 10.5. The van der Waals surface area contributed by atoms with Crippen molar-refractivity contribution >= 4 is 23.3 Å². The molecule has 1 aliphatic carbocycles. The molecule has 0 saturated heterocycles. The van der Waals surface area contributed by atoms with Gasteiger partial charge in [0.2, 0.25) is 0 Å². The van der Waals surface area contributed by atoms with E-state index >= 15 is 0 Å². The number of hydrogen-bond acceptors (Lipinski definition) is 3. The monoisotopic (exact) mass is 265 g/mol. The normalized spacial score (nSPS) is 16.9. The van der Waals surface area contributed by atoms with Crippen LogP contribution in [0, 0.1) is 10.1 Å². The lowest BCUT2D eigenvalue weighted by Crippen LogP contribution is -2.66. The molecule has 0 spiro atoms. The minimum absolute atomic E-state index is 0.121. The van der Waals surface area contributed by atoms with E-state index in [9.17, 15) is 10.1 Å². The second-order valence-corrected chi connectivity index (χ2v) is 7.03. The molecule has 0 unspecified atom stereocenters. The standard InChI is InChI=1S/C13H16N2O2S/c1-13(2,3)18-14-12-7-5-9-4-6-10(15(16)17)8-11(9)12/h4,6,8H,5,7H2,1-3H3/p+1/b14-12+. The van der Waals surface area contributed by atoms with Gasteiger partial charge < -0.3 is 0 Å². The summed E-state index contributed by atoms with van der Waals surface area (Å²) in [6.45, 7) is 6.40. The molecule has 4 nitrogen and oxygen atoms in total. The fourth-order valence-electron chi connectivity index (χ4n) is 1.89. The average Bonchev–Trinajstić information content (AvgIpc) is 2.67. The van der Waals surface area contributed by atoms with E-state index in [0.717, 1.165) is 24.1 Å². The quantitative estimate of drug-likeness (QED) is 0.504. The molecule has 0 heterocycles. The predicted molar refractivity (Wildman–Crippen MR) is 73.8 cm³/mol. The lowest BCUT2D eigenvalue weighted by molar-refractivity contribution is -0.384. The van der Waals surface area contributed by atoms with Crippen LogP contribution < -0.4 is 4.40 Å². The Morgan fingerprint density at radius 3 is 2.67 bits per heavy atom. The fourth-order valence-corrected chi connectivity index (χ4v) is 2.53. The van der Waals surface area contributed by atoms with Crippen LogP contribution in [0.2, 0.25) is 0 Å². The van der Waals surface area contributed by atoms with Gasteiger partial charge in [-0.3, -0.25) is 10.1 Å². The van der Waals surface area contributed by atoms with Crippen LogP contribution >= 0.6 is 11.9 Å². The summed E-state index contributed by atoms with van der Waals surface area (Å²) in [7, 11) is 0. The molecule has 0 atom stereocenters. The Hall–Kier alpha value is -1.36. The predicted octanol–water partition coefficient (Wildman–Crippen LogP) is 1.86. The van der Waals surface area contributed by atoms with Crippen LogP contribution in [0.15, 0.2) is 18.2 Å². The van der Waals surface area contributed by atoms with Crippen LogP contribution in [-0.4, -0.2) is 15.4 Å². The molecule has 2 rings (SSSR count). The summed E-state index contributed by atoms with van der Waals surface area (Å²) in [6.07, 6.45) is 1.89. The first kappa shape index (κ1) is 13.1. The Bertz CT molecular complexity index is 518. The molecule has 1 aromatic rings. The van der Waals surface area contributed by atoms with Gasteiger partial charge in [0.1, 0.15) is 0 Å². The van der Waals surface area contributed by atoms with Gasteiger partial charge in [0.05, 0.1) is 15.2 Å². The number of non-ortho nitro benzene ring substituents is 1. The second-order valence-electron chi connectivity index (χ2n) is 5.39. The van der Waals surface area contributed by atoms with Gasteiger partial charge in [-0.1, -0.05) is 6.07 Å². The minimum atomic E-state index is -0.340. The van der Waals surface area contributed by atoms with Gasteiger partial charge in [0, 0.05) is 18.6 Å². The van der Waals surface area contributed by atoms with Crippen LogP contribution in [0.25, 0.3) is 0 Å². The molecule has 0 aromatic heterocycles. The number of benzene rings is 1. The van der Waals surface area contributed by atoms with Crippen molar-refractivity contribution in [3.05, 3.63) is 39.4 Å². The molecular weight excluding hydrogens is 248 g/mol. The van der Waals surface area contributed by atoms with Crippen LogP contribution in [-0.2, 0) is 6.42 Å². The molecule has 0 radical (unpaired) electrons. The molecule has 96 valence electrons. The first-order valence-corrected chi connectivity index (χ1v) is 6.76. The van der Waals surface area contributed by atoms with Gasteiger partial charge in [-0.05, 0) is 32.8 Å². The third kappa shape index (κ3) is 2.90. The highest BCUT2D eigenvalue weighted by molar-refractivity contribution is 7.94. The van der Waals surface area contributed by atoms with Gasteiger partial charge >= 0.3 is 0 Å². The maximum absolute atomic E-state index is 10.8. The molecule has 0 amide bonds. The van der Waals surface area contributed by atoms with Crippen molar-refractivity contribution in [2.75, 3.05) is 0 Å². The van der Waals surface area contributed by atoms with Crippen molar-refractivity contribution in [2.45, 2.75) is 38.4 Å². The van der Waals surface area contributed by atoms with Gasteiger partial charge in [0.15, 0.2) is 17.7 Å². The van der Waals surface area contributed by atoms with Crippen LogP contribution in [0.1, 0.15) is 38.3 Å². The summed E-state index contributed by atoms with van der Waals surface area (Å²) in [6, 6.07) is 5.12. The van der Waals surface area contributed by atoms with Crippen LogP contribution in [0.4, 0.5) is 5.69 Å². The second kappa shape index (κ2) is 4.72. The minimum Gasteiger partial charge on any atom is -0.258 e. The van der Waals surface area contributed by atoms with Crippen molar-refractivity contribution in [1.82, 2.24) is 0 Å². The molecule has 1 aromatic carbocycles. The zero-order valence-corrected chi connectivity index (χ0v) is 11.6. The maximum Gasteiger partial charge on any atom is 0.270 e. The van der Waals surface area contributed by atoms with E-state index in [1.54, 1.807) is 24.1 Å². The number of nitrogens with one attached hydrogen (secondary N) is 1. The Morgan fingerprint density at radius 1 is 1.33 bits per heavy atom. The lowest BCUT2D eigenvalue weighted by atomic mass is 10.1. The highest BCUT2D eigenvalue weighted by Gasteiger charge is 2.26. The third-order valence-corrected chi connectivity index (χ3v) is 3.71. The lowest BCUT2D eigenvalue weighted by Gasteiger charge is -2.07. The summed E-state index contributed by atoms with van der Waals surface area (Å²) in [5, 5.41) is 10.8. The third-order valence-electron chi connectivity index (χ3n) is 2.75. The van der Waals surface area contributed by atoms with E-state index in [-0.39, 0.29) is 15.4 Å². The zero-order valence-electron chi connectivity index (χ0n) is 10.8. The highest BCUT2D eigenvalue weighted by Crippen LogP contribution is 2.25. The van der Waals surface area contributed by atoms with Gasteiger partial charge in [0.25, 0.3) is 5.69 Å². The summed E-state index contributed by atoms with van der Waals surface area (Å²) in [5.41, 5.74) is 3.46. The van der Waals surface area contributed by atoms with E-state index in [4.69, 9.17) is 0 Å². The van der Waals surface area contributed by atoms with E-state index in [2.05, 4.69) is 25.2 Å². The van der Waals surface area contributed by atoms with Crippen LogP contribution in [0.5, 0.6) is 0 Å². The molecule has 0 saturated carbocycles. The van der Waals surface area contributed by atoms with Crippen molar-refractivity contribution in [3.63, 3.8) is 0 Å². The smallest absolute Gasteiger partial charge is 0.258 e. The molecule has 18 heavy (non-hydrogen) atoms. The van der Waals surface area contributed by atoms with E-state index < -0.39 is 0 Å². The Kier molecular flexibility index (Phi) is 3.43. The molecular formula is C13H17N2O2S+. The molecule has 1 aliphatic rings. The SMILES string of the molecule is CC(C)(C)S/[NH+]=C1\CCc2ccc([N+](=O)[O-])cc21. The van der Waals surface area contributed by atoms with E-state index in [0.29, 0.717) is 0 Å².